The van der Waals surface area contributed by atoms with E-state index >= 15 is 0 Å². The van der Waals surface area contributed by atoms with Gasteiger partial charge in [-0.15, -0.1) is 0 Å². The first-order valence-electron chi connectivity index (χ1n) is 6.61. The lowest BCUT2D eigenvalue weighted by Crippen LogP contribution is -2.04. The number of nitrogens with two attached hydrogens (primary N) is 1. The van der Waals surface area contributed by atoms with Gasteiger partial charge in [0.05, 0.1) is 6.61 Å². The summed E-state index contributed by atoms with van der Waals surface area (Å²) in [6.07, 6.45) is 0.957. The van der Waals surface area contributed by atoms with Crippen molar-refractivity contribution < 1.29 is 14.1 Å². The lowest BCUT2D eigenvalue weighted by atomic mass is 10.2. The van der Waals surface area contributed by atoms with Crippen molar-refractivity contribution in [1.82, 2.24) is 10.3 Å². The van der Waals surface area contributed by atoms with Gasteiger partial charge in [0.25, 0.3) is 0 Å². The Labute approximate surface area is 117 Å². The topological polar surface area (TPSA) is 83.4 Å². The lowest BCUT2D eigenvalue weighted by Gasteiger charge is -2.12. The summed E-state index contributed by atoms with van der Waals surface area (Å²) < 4.78 is 16.0. The smallest absolute Gasteiger partial charge is 0.145 e. The minimum absolute atomic E-state index is 0.291. The van der Waals surface area contributed by atoms with Crippen molar-refractivity contribution in [2.75, 3.05) is 6.61 Å². The van der Waals surface area contributed by atoms with Crippen LogP contribution in [0.15, 0.2) is 22.8 Å². The zero-order chi connectivity index (χ0) is 14.4. The zero-order valence-electron chi connectivity index (χ0n) is 11.8. The van der Waals surface area contributed by atoms with Crippen LogP contribution in [-0.4, -0.2) is 16.9 Å². The van der Waals surface area contributed by atoms with Crippen molar-refractivity contribution in [3.05, 3.63) is 35.2 Å². The first-order valence-corrected chi connectivity index (χ1v) is 6.61. The fourth-order valence-corrected chi connectivity index (χ4v) is 1.67. The van der Waals surface area contributed by atoms with Gasteiger partial charge in [-0.3, -0.25) is 0 Å². The highest BCUT2D eigenvalue weighted by Gasteiger charge is 2.09. The predicted octanol–water partition coefficient (Wildman–Crippen LogP) is 2.20. The average molecular weight is 277 g/mol. The number of benzene rings is 1. The molecule has 6 heteroatoms. The molecule has 20 heavy (non-hydrogen) atoms. The van der Waals surface area contributed by atoms with Crippen molar-refractivity contribution in [2.45, 2.75) is 33.4 Å². The monoisotopic (exact) mass is 277 g/mol. The Morgan fingerprint density at radius 1 is 1.25 bits per heavy atom. The van der Waals surface area contributed by atoms with Crippen molar-refractivity contribution >= 4 is 0 Å². The van der Waals surface area contributed by atoms with Gasteiger partial charge in [-0.1, -0.05) is 23.3 Å². The van der Waals surface area contributed by atoms with E-state index in [4.69, 9.17) is 15.2 Å². The second-order valence-corrected chi connectivity index (χ2v) is 4.41. The van der Waals surface area contributed by atoms with E-state index in [1.54, 1.807) is 0 Å². The van der Waals surface area contributed by atoms with Crippen LogP contribution in [0.3, 0.4) is 0 Å². The zero-order valence-corrected chi connectivity index (χ0v) is 11.8. The van der Waals surface area contributed by atoms with E-state index in [9.17, 15) is 0 Å². The van der Waals surface area contributed by atoms with Crippen LogP contribution in [0.1, 0.15) is 30.3 Å². The number of ether oxygens (including phenoxy) is 2. The largest absolute Gasteiger partial charge is 0.493 e. The standard InChI is InChI=1S/C14H19N3O3/c1-3-6-18-12-5-4-11(8-15)14(7-12)19-9-13-10(2)16-20-17-13/h4-5,7H,3,6,8-9,15H2,1-2H3. The Morgan fingerprint density at radius 3 is 2.75 bits per heavy atom. The summed E-state index contributed by atoms with van der Waals surface area (Å²) in [6.45, 7) is 5.25. The molecule has 0 spiro atoms. The molecule has 108 valence electrons. The normalized spacial score (nSPS) is 10.6. The van der Waals surface area contributed by atoms with Gasteiger partial charge in [0.2, 0.25) is 0 Å². The quantitative estimate of drug-likeness (QED) is 0.835. The molecular weight excluding hydrogens is 258 g/mol. The number of nitrogens with zero attached hydrogens (tertiary/aromatic N) is 2. The van der Waals surface area contributed by atoms with Crippen LogP contribution in [0.4, 0.5) is 0 Å². The number of aromatic nitrogens is 2. The maximum atomic E-state index is 5.75. The Morgan fingerprint density at radius 2 is 2.10 bits per heavy atom. The van der Waals surface area contributed by atoms with E-state index in [1.165, 1.54) is 0 Å². The maximum Gasteiger partial charge on any atom is 0.145 e. The van der Waals surface area contributed by atoms with E-state index in [1.807, 2.05) is 25.1 Å². The minimum atomic E-state index is 0.291. The molecule has 0 bridgehead atoms. The highest BCUT2D eigenvalue weighted by molar-refractivity contribution is 5.40. The first kappa shape index (κ1) is 14.3. The number of hydrogen-bond donors (Lipinski definition) is 1. The molecule has 1 aromatic carbocycles. The fourth-order valence-electron chi connectivity index (χ4n) is 1.67. The van der Waals surface area contributed by atoms with Gasteiger partial charge < -0.3 is 15.2 Å². The van der Waals surface area contributed by atoms with E-state index in [0.717, 1.165) is 23.4 Å². The summed E-state index contributed by atoms with van der Waals surface area (Å²) >= 11 is 0. The van der Waals surface area contributed by atoms with E-state index < -0.39 is 0 Å². The van der Waals surface area contributed by atoms with Crippen LogP contribution in [-0.2, 0) is 13.2 Å². The molecule has 0 radical (unpaired) electrons. The molecule has 2 rings (SSSR count). The molecule has 0 fully saturated rings. The molecule has 0 atom stereocenters. The third-order valence-electron chi connectivity index (χ3n) is 2.84. The highest BCUT2D eigenvalue weighted by atomic mass is 16.6. The molecule has 0 amide bonds. The predicted molar refractivity (Wildman–Crippen MR) is 73.5 cm³/mol. The van der Waals surface area contributed by atoms with Crippen LogP contribution >= 0.6 is 0 Å². The molecule has 1 heterocycles. The van der Waals surface area contributed by atoms with Crippen molar-refractivity contribution in [3.8, 4) is 11.5 Å². The Bertz CT molecular complexity index is 554. The van der Waals surface area contributed by atoms with Crippen LogP contribution in [0.25, 0.3) is 0 Å². The SMILES string of the molecule is CCCOc1ccc(CN)c(OCc2nonc2C)c1. The van der Waals surface area contributed by atoms with Gasteiger partial charge in [0.1, 0.15) is 29.5 Å². The van der Waals surface area contributed by atoms with Gasteiger partial charge in [0, 0.05) is 18.2 Å². The number of rotatable bonds is 7. The molecule has 0 aliphatic rings. The molecule has 0 unspecified atom stereocenters. The van der Waals surface area contributed by atoms with Gasteiger partial charge in [0.15, 0.2) is 0 Å². The molecule has 0 saturated heterocycles. The van der Waals surface area contributed by atoms with Gasteiger partial charge in [-0.2, -0.15) is 0 Å². The summed E-state index contributed by atoms with van der Waals surface area (Å²) in [5.41, 5.74) is 8.03. The summed E-state index contributed by atoms with van der Waals surface area (Å²) in [5, 5.41) is 7.50. The third-order valence-corrected chi connectivity index (χ3v) is 2.84. The van der Waals surface area contributed by atoms with Crippen molar-refractivity contribution in [2.24, 2.45) is 5.73 Å². The summed E-state index contributed by atoms with van der Waals surface area (Å²) in [5.74, 6) is 1.47. The van der Waals surface area contributed by atoms with E-state index in [2.05, 4.69) is 21.9 Å². The maximum absolute atomic E-state index is 5.75. The molecule has 0 aliphatic heterocycles. The molecule has 0 saturated carbocycles. The number of hydrogen-bond acceptors (Lipinski definition) is 6. The Kier molecular flexibility index (Phi) is 4.95. The summed E-state index contributed by atoms with van der Waals surface area (Å²) in [4.78, 5) is 0. The van der Waals surface area contributed by atoms with E-state index in [0.29, 0.717) is 31.2 Å². The summed E-state index contributed by atoms with van der Waals surface area (Å²) in [6, 6.07) is 5.66. The first-order chi connectivity index (χ1) is 9.74. The fraction of sp³-hybridized carbons (Fsp3) is 0.429. The average Bonchev–Trinajstić information content (AvgIpc) is 2.88. The van der Waals surface area contributed by atoms with Crippen molar-refractivity contribution in [3.63, 3.8) is 0 Å². The van der Waals surface area contributed by atoms with Crippen LogP contribution in [0, 0.1) is 6.92 Å². The van der Waals surface area contributed by atoms with Gasteiger partial charge in [-0.05, 0) is 19.4 Å². The summed E-state index contributed by atoms with van der Waals surface area (Å²) in [7, 11) is 0. The second kappa shape index (κ2) is 6.91. The van der Waals surface area contributed by atoms with Crippen molar-refractivity contribution in [1.29, 1.82) is 0 Å². The second-order valence-electron chi connectivity index (χ2n) is 4.41. The minimum Gasteiger partial charge on any atom is -0.493 e. The lowest BCUT2D eigenvalue weighted by molar-refractivity contribution is 0.266. The Balaban J connectivity index is 2.09. The molecule has 0 aliphatic carbocycles. The van der Waals surface area contributed by atoms with E-state index in [-0.39, 0.29) is 0 Å². The molecule has 1 aromatic heterocycles. The van der Waals surface area contributed by atoms with Crippen LogP contribution in [0.2, 0.25) is 0 Å². The van der Waals surface area contributed by atoms with Crippen LogP contribution < -0.4 is 15.2 Å². The third kappa shape index (κ3) is 3.48. The van der Waals surface area contributed by atoms with Gasteiger partial charge in [-0.25, -0.2) is 4.63 Å². The van der Waals surface area contributed by atoms with Gasteiger partial charge >= 0.3 is 0 Å². The number of aryl methyl sites for hydroxylation is 1. The molecule has 6 nitrogen and oxygen atoms in total. The Hall–Kier alpha value is -2.08. The highest BCUT2D eigenvalue weighted by Crippen LogP contribution is 2.25. The molecule has 2 aromatic rings. The molecular formula is C14H19N3O3. The molecule has 2 N–H and O–H groups in total. The van der Waals surface area contributed by atoms with Crippen LogP contribution in [0.5, 0.6) is 11.5 Å².